The molecular formula is C14H25NO2. The first-order valence-corrected chi connectivity index (χ1v) is 6.80. The third kappa shape index (κ3) is 3.44. The van der Waals surface area contributed by atoms with Gasteiger partial charge in [0, 0.05) is 6.04 Å². The molecule has 3 nitrogen and oxygen atoms in total. The Morgan fingerprint density at radius 2 is 1.88 bits per heavy atom. The first kappa shape index (κ1) is 12.9. The molecule has 1 aliphatic carbocycles. The molecule has 0 radical (unpaired) electrons. The number of esters is 1. The first-order valence-electron chi connectivity index (χ1n) is 6.80. The second kappa shape index (κ2) is 4.60. The fourth-order valence-corrected chi connectivity index (χ4v) is 2.75. The zero-order chi connectivity index (χ0) is 12.6. The van der Waals surface area contributed by atoms with E-state index in [9.17, 15) is 4.79 Å². The summed E-state index contributed by atoms with van der Waals surface area (Å²) in [6, 6.07) is 0.612. The molecule has 0 aromatic carbocycles. The van der Waals surface area contributed by atoms with Crippen LogP contribution in [0.1, 0.15) is 46.5 Å². The second-order valence-electron chi connectivity index (χ2n) is 6.64. The second-order valence-corrected chi connectivity index (χ2v) is 6.64. The lowest BCUT2D eigenvalue weighted by molar-refractivity contribution is -0.162. The average molecular weight is 239 g/mol. The largest absolute Gasteiger partial charge is 0.460 e. The van der Waals surface area contributed by atoms with Crippen LogP contribution in [0.2, 0.25) is 0 Å². The molecule has 0 N–H and O–H groups in total. The van der Waals surface area contributed by atoms with Crippen molar-refractivity contribution in [2.24, 2.45) is 11.8 Å². The molecule has 0 aromatic rings. The number of ether oxygens (including phenoxy) is 1. The van der Waals surface area contributed by atoms with Crippen molar-refractivity contribution in [3.63, 3.8) is 0 Å². The smallest absolute Gasteiger partial charge is 0.309 e. The Kier molecular flexibility index (Phi) is 3.48. The molecule has 1 heterocycles. The molecule has 0 amide bonds. The van der Waals surface area contributed by atoms with E-state index in [-0.39, 0.29) is 17.5 Å². The molecule has 17 heavy (non-hydrogen) atoms. The number of hydrogen-bond donors (Lipinski definition) is 0. The minimum absolute atomic E-state index is 0.0104. The molecule has 1 saturated heterocycles. The molecule has 2 rings (SSSR count). The quantitative estimate of drug-likeness (QED) is 0.693. The topological polar surface area (TPSA) is 29.5 Å². The van der Waals surface area contributed by atoms with Crippen molar-refractivity contribution in [3.8, 4) is 0 Å². The summed E-state index contributed by atoms with van der Waals surface area (Å²) in [5.74, 6) is 0.970. The van der Waals surface area contributed by atoms with E-state index >= 15 is 0 Å². The highest BCUT2D eigenvalue weighted by Crippen LogP contribution is 2.40. The molecule has 2 unspecified atom stereocenters. The molecule has 2 fully saturated rings. The van der Waals surface area contributed by atoms with Crippen LogP contribution in [0.25, 0.3) is 0 Å². The highest BCUT2D eigenvalue weighted by molar-refractivity contribution is 5.73. The van der Waals surface area contributed by atoms with Crippen LogP contribution in [0, 0.1) is 11.8 Å². The Morgan fingerprint density at radius 3 is 2.41 bits per heavy atom. The van der Waals surface area contributed by atoms with E-state index in [2.05, 4.69) is 11.9 Å². The van der Waals surface area contributed by atoms with Gasteiger partial charge in [0.05, 0.1) is 5.92 Å². The molecule has 2 aliphatic rings. The number of likely N-dealkylation sites (tertiary alicyclic amines) is 1. The van der Waals surface area contributed by atoms with Crippen molar-refractivity contribution in [2.75, 3.05) is 13.6 Å². The van der Waals surface area contributed by atoms with Gasteiger partial charge in [0.2, 0.25) is 0 Å². The van der Waals surface area contributed by atoms with Gasteiger partial charge in [-0.3, -0.25) is 4.79 Å². The van der Waals surface area contributed by atoms with Crippen molar-refractivity contribution in [1.82, 2.24) is 4.90 Å². The van der Waals surface area contributed by atoms with Crippen molar-refractivity contribution >= 4 is 5.97 Å². The summed E-state index contributed by atoms with van der Waals surface area (Å²) in [4.78, 5) is 14.5. The number of rotatable bonds is 2. The number of nitrogens with zero attached hydrogens (tertiary/aromatic N) is 1. The maximum absolute atomic E-state index is 12.1. The van der Waals surface area contributed by atoms with Crippen LogP contribution in [-0.4, -0.2) is 36.1 Å². The first-order chi connectivity index (χ1) is 7.87. The minimum atomic E-state index is -0.352. The van der Waals surface area contributed by atoms with E-state index in [1.54, 1.807) is 0 Å². The van der Waals surface area contributed by atoms with E-state index in [0.717, 1.165) is 25.3 Å². The summed E-state index contributed by atoms with van der Waals surface area (Å²) in [5.41, 5.74) is -0.352. The predicted octanol–water partition coefficient (Wildman–Crippen LogP) is 2.45. The van der Waals surface area contributed by atoms with Gasteiger partial charge in [0.25, 0.3) is 0 Å². The molecule has 0 aromatic heterocycles. The molecular weight excluding hydrogens is 214 g/mol. The Morgan fingerprint density at radius 1 is 1.24 bits per heavy atom. The normalized spacial score (nSPS) is 31.3. The third-order valence-corrected chi connectivity index (χ3v) is 3.83. The highest BCUT2D eigenvalue weighted by Gasteiger charge is 2.40. The number of carbonyl (C=O) groups is 1. The van der Waals surface area contributed by atoms with E-state index in [1.165, 1.54) is 12.8 Å². The fraction of sp³-hybridized carbons (Fsp3) is 0.929. The van der Waals surface area contributed by atoms with Crippen molar-refractivity contribution < 1.29 is 9.53 Å². The third-order valence-electron chi connectivity index (χ3n) is 3.83. The van der Waals surface area contributed by atoms with E-state index < -0.39 is 0 Å². The number of hydrogen-bond acceptors (Lipinski definition) is 3. The Bertz CT molecular complexity index is 291. The lowest BCUT2D eigenvalue weighted by atomic mass is 9.88. The highest BCUT2D eigenvalue weighted by atomic mass is 16.6. The van der Waals surface area contributed by atoms with E-state index in [1.807, 2.05) is 20.8 Å². The zero-order valence-corrected chi connectivity index (χ0v) is 11.5. The van der Waals surface area contributed by atoms with Crippen LogP contribution < -0.4 is 0 Å². The molecule has 2 atom stereocenters. The van der Waals surface area contributed by atoms with Crippen LogP contribution in [0.3, 0.4) is 0 Å². The summed E-state index contributed by atoms with van der Waals surface area (Å²) < 4.78 is 5.50. The van der Waals surface area contributed by atoms with Crippen LogP contribution in [0.5, 0.6) is 0 Å². The lowest BCUT2D eigenvalue weighted by Crippen LogP contribution is -2.44. The van der Waals surface area contributed by atoms with Gasteiger partial charge >= 0.3 is 5.97 Å². The molecule has 1 aliphatic heterocycles. The number of piperidine rings is 1. The van der Waals surface area contributed by atoms with Crippen LogP contribution >= 0.6 is 0 Å². The maximum Gasteiger partial charge on any atom is 0.309 e. The fourth-order valence-electron chi connectivity index (χ4n) is 2.75. The molecule has 1 saturated carbocycles. The van der Waals surface area contributed by atoms with Crippen LogP contribution in [0.4, 0.5) is 0 Å². The summed E-state index contributed by atoms with van der Waals surface area (Å²) in [6.45, 7) is 6.86. The standard InChI is InChI=1S/C14H25NO2/c1-14(2,3)17-13(16)11-7-8-15(4)12(9-11)10-5-6-10/h10-12H,5-9H2,1-4H3. The summed E-state index contributed by atoms with van der Waals surface area (Å²) in [6.07, 6.45) is 4.64. The SMILES string of the molecule is CN1CCC(C(=O)OC(C)(C)C)CC1C1CC1. The molecule has 98 valence electrons. The summed E-state index contributed by atoms with van der Waals surface area (Å²) in [7, 11) is 2.19. The van der Waals surface area contributed by atoms with Gasteiger partial charge in [-0.05, 0) is 66.0 Å². The summed E-state index contributed by atoms with van der Waals surface area (Å²) >= 11 is 0. The number of carbonyl (C=O) groups excluding carboxylic acids is 1. The van der Waals surface area contributed by atoms with Crippen molar-refractivity contribution in [1.29, 1.82) is 0 Å². The minimum Gasteiger partial charge on any atom is -0.460 e. The molecule has 0 spiro atoms. The maximum atomic E-state index is 12.1. The van der Waals surface area contributed by atoms with Gasteiger partial charge in [0.1, 0.15) is 5.60 Å². The van der Waals surface area contributed by atoms with Crippen molar-refractivity contribution in [2.45, 2.75) is 58.1 Å². The van der Waals surface area contributed by atoms with Gasteiger partial charge < -0.3 is 9.64 Å². The van der Waals surface area contributed by atoms with Gasteiger partial charge in [-0.25, -0.2) is 0 Å². The van der Waals surface area contributed by atoms with Crippen LogP contribution in [-0.2, 0) is 9.53 Å². The van der Waals surface area contributed by atoms with E-state index in [0.29, 0.717) is 6.04 Å². The molecule has 0 bridgehead atoms. The predicted molar refractivity (Wildman–Crippen MR) is 67.7 cm³/mol. The Labute approximate surface area is 105 Å². The Balaban J connectivity index is 1.91. The van der Waals surface area contributed by atoms with Gasteiger partial charge in [-0.15, -0.1) is 0 Å². The van der Waals surface area contributed by atoms with Gasteiger partial charge in [0.15, 0.2) is 0 Å². The average Bonchev–Trinajstić information content (AvgIpc) is 2.99. The summed E-state index contributed by atoms with van der Waals surface area (Å²) in [5, 5.41) is 0. The lowest BCUT2D eigenvalue weighted by Gasteiger charge is -2.37. The van der Waals surface area contributed by atoms with Gasteiger partial charge in [-0.2, -0.15) is 0 Å². The van der Waals surface area contributed by atoms with E-state index in [4.69, 9.17) is 4.74 Å². The zero-order valence-electron chi connectivity index (χ0n) is 11.5. The van der Waals surface area contributed by atoms with Gasteiger partial charge in [-0.1, -0.05) is 0 Å². The van der Waals surface area contributed by atoms with Crippen LogP contribution in [0.15, 0.2) is 0 Å². The van der Waals surface area contributed by atoms with Crippen molar-refractivity contribution in [3.05, 3.63) is 0 Å². The molecule has 3 heteroatoms. The Hall–Kier alpha value is -0.570. The monoisotopic (exact) mass is 239 g/mol.